The molecule has 0 radical (unpaired) electrons. The average Bonchev–Trinajstić information content (AvgIpc) is 2.29. The van der Waals surface area contributed by atoms with Crippen molar-refractivity contribution in [3.8, 4) is 5.75 Å². The number of unbranched alkanes of at least 4 members (excludes halogenated alkanes) is 1. The summed E-state index contributed by atoms with van der Waals surface area (Å²) in [4.78, 5) is 1.25. The fraction of sp³-hybridized carbons (Fsp3) is 0.417. The Labute approximate surface area is 101 Å². The van der Waals surface area contributed by atoms with Gasteiger partial charge >= 0.3 is 0 Å². The van der Waals surface area contributed by atoms with Crippen molar-refractivity contribution in [1.82, 2.24) is 0 Å². The second kappa shape index (κ2) is 7.17. The van der Waals surface area contributed by atoms with Crippen molar-refractivity contribution in [3.05, 3.63) is 24.3 Å². The molecular weight excluding hydrogens is 220 g/mol. The molecule has 1 rings (SSSR count). The summed E-state index contributed by atoms with van der Waals surface area (Å²) >= 11 is 1.82. The number of hydrogen-bond donors (Lipinski definition) is 2. The number of benzene rings is 1. The zero-order valence-corrected chi connectivity index (χ0v) is 10.3. The highest BCUT2D eigenvalue weighted by Crippen LogP contribution is 2.22. The van der Waals surface area contributed by atoms with Crippen LogP contribution in [-0.2, 0) is 0 Å². The Kier molecular flexibility index (Phi) is 5.78. The van der Waals surface area contributed by atoms with Crippen molar-refractivity contribution in [1.29, 1.82) is 5.41 Å². The monoisotopic (exact) mass is 238 g/mol. The van der Waals surface area contributed by atoms with E-state index < -0.39 is 0 Å². The zero-order chi connectivity index (χ0) is 11.8. The molecule has 0 bridgehead atoms. The van der Waals surface area contributed by atoms with E-state index >= 15 is 0 Å². The minimum Gasteiger partial charge on any atom is -0.497 e. The van der Waals surface area contributed by atoms with E-state index in [1.807, 2.05) is 23.9 Å². The van der Waals surface area contributed by atoms with E-state index in [0.717, 1.165) is 24.3 Å². The summed E-state index contributed by atoms with van der Waals surface area (Å²) < 4.78 is 5.09. The lowest BCUT2D eigenvalue weighted by Gasteiger charge is -2.03. The maximum atomic E-state index is 7.10. The van der Waals surface area contributed by atoms with E-state index in [1.54, 1.807) is 7.11 Å². The van der Waals surface area contributed by atoms with Crippen LogP contribution in [0.5, 0.6) is 5.75 Å². The quantitative estimate of drug-likeness (QED) is 0.332. The summed E-state index contributed by atoms with van der Waals surface area (Å²) in [5.41, 5.74) is 5.28. The molecule has 16 heavy (non-hydrogen) atoms. The topological polar surface area (TPSA) is 59.1 Å². The highest BCUT2D eigenvalue weighted by Gasteiger charge is 1.96. The second-order valence-corrected chi connectivity index (χ2v) is 4.67. The molecule has 0 aliphatic heterocycles. The molecule has 0 saturated carbocycles. The molecule has 0 spiro atoms. The maximum Gasteiger partial charge on any atom is 0.118 e. The minimum atomic E-state index is 0.287. The Balaban J connectivity index is 2.19. The lowest BCUT2D eigenvalue weighted by molar-refractivity contribution is 0.414. The molecule has 0 saturated heterocycles. The fourth-order valence-electron chi connectivity index (χ4n) is 1.28. The minimum absolute atomic E-state index is 0.287. The molecule has 0 amide bonds. The Morgan fingerprint density at radius 1 is 1.31 bits per heavy atom. The van der Waals surface area contributed by atoms with E-state index in [4.69, 9.17) is 15.9 Å². The Morgan fingerprint density at radius 3 is 2.56 bits per heavy atom. The third-order valence-electron chi connectivity index (χ3n) is 2.17. The van der Waals surface area contributed by atoms with Gasteiger partial charge in [-0.3, -0.25) is 5.41 Å². The number of amidine groups is 1. The smallest absolute Gasteiger partial charge is 0.118 e. The van der Waals surface area contributed by atoms with Gasteiger partial charge < -0.3 is 10.5 Å². The van der Waals surface area contributed by atoms with Crippen LogP contribution in [0.4, 0.5) is 0 Å². The van der Waals surface area contributed by atoms with Crippen LogP contribution >= 0.6 is 11.8 Å². The first-order valence-corrected chi connectivity index (χ1v) is 6.30. The van der Waals surface area contributed by atoms with Crippen LogP contribution < -0.4 is 10.5 Å². The fourth-order valence-corrected chi connectivity index (χ4v) is 2.19. The second-order valence-electron chi connectivity index (χ2n) is 3.51. The van der Waals surface area contributed by atoms with Gasteiger partial charge in [-0.15, -0.1) is 11.8 Å². The molecule has 0 fully saturated rings. The third kappa shape index (κ3) is 5.07. The molecule has 4 heteroatoms. The SMILES string of the molecule is COc1ccc(SCCCCC(=N)N)cc1. The van der Waals surface area contributed by atoms with E-state index in [9.17, 15) is 0 Å². The Morgan fingerprint density at radius 2 is 2.00 bits per heavy atom. The largest absolute Gasteiger partial charge is 0.497 e. The number of ether oxygens (including phenoxy) is 1. The van der Waals surface area contributed by atoms with Crippen molar-refractivity contribution >= 4 is 17.6 Å². The van der Waals surface area contributed by atoms with Crippen LogP contribution in [0.25, 0.3) is 0 Å². The maximum absolute atomic E-state index is 7.10. The third-order valence-corrected chi connectivity index (χ3v) is 3.27. The van der Waals surface area contributed by atoms with Crippen LogP contribution in [0.3, 0.4) is 0 Å². The molecule has 0 unspecified atom stereocenters. The van der Waals surface area contributed by atoms with Crippen LogP contribution in [0, 0.1) is 5.41 Å². The molecule has 88 valence electrons. The molecule has 0 aliphatic rings. The molecular formula is C12H18N2OS. The molecule has 0 aromatic heterocycles. The van der Waals surface area contributed by atoms with Crippen molar-refractivity contribution in [2.75, 3.05) is 12.9 Å². The van der Waals surface area contributed by atoms with E-state index in [-0.39, 0.29) is 5.84 Å². The van der Waals surface area contributed by atoms with Crippen molar-refractivity contribution in [2.45, 2.75) is 24.2 Å². The molecule has 3 nitrogen and oxygen atoms in total. The van der Waals surface area contributed by atoms with Crippen LogP contribution in [0.15, 0.2) is 29.2 Å². The van der Waals surface area contributed by atoms with E-state index in [1.165, 1.54) is 4.90 Å². The van der Waals surface area contributed by atoms with Gasteiger partial charge in [-0.25, -0.2) is 0 Å². The highest BCUT2D eigenvalue weighted by molar-refractivity contribution is 7.99. The van der Waals surface area contributed by atoms with Crippen LogP contribution in [-0.4, -0.2) is 18.7 Å². The summed E-state index contributed by atoms with van der Waals surface area (Å²) in [5.74, 6) is 2.25. The van der Waals surface area contributed by atoms with Crippen LogP contribution in [0.1, 0.15) is 19.3 Å². The summed E-state index contributed by atoms with van der Waals surface area (Å²) in [6.07, 6.45) is 2.80. The van der Waals surface area contributed by atoms with Crippen molar-refractivity contribution in [3.63, 3.8) is 0 Å². The molecule has 1 aromatic rings. The predicted molar refractivity (Wildman–Crippen MR) is 69.5 cm³/mol. The van der Waals surface area contributed by atoms with E-state index in [2.05, 4.69) is 12.1 Å². The van der Waals surface area contributed by atoms with Crippen LogP contribution in [0.2, 0.25) is 0 Å². The van der Waals surface area contributed by atoms with Gasteiger partial charge in [0.25, 0.3) is 0 Å². The number of hydrogen-bond acceptors (Lipinski definition) is 3. The normalized spacial score (nSPS) is 10.1. The number of thioether (sulfide) groups is 1. The first-order valence-electron chi connectivity index (χ1n) is 5.32. The molecule has 3 N–H and O–H groups in total. The van der Waals surface area contributed by atoms with Gasteiger partial charge in [-0.05, 0) is 42.9 Å². The predicted octanol–water partition coefficient (Wildman–Crippen LogP) is 2.89. The van der Waals surface area contributed by atoms with Gasteiger partial charge in [-0.1, -0.05) is 0 Å². The number of nitrogens with two attached hydrogens (primary N) is 1. The Hall–Kier alpha value is -1.16. The van der Waals surface area contributed by atoms with Gasteiger partial charge in [-0.2, -0.15) is 0 Å². The lowest BCUT2D eigenvalue weighted by Crippen LogP contribution is -2.08. The number of methoxy groups -OCH3 is 1. The summed E-state index contributed by atoms with van der Waals surface area (Å²) in [7, 11) is 1.67. The molecule has 1 aromatic carbocycles. The molecule has 0 atom stereocenters. The van der Waals surface area contributed by atoms with Gasteiger partial charge in [0.05, 0.1) is 12.9 Å². The number of rotatable bonds is 7. The molecule has 0 heterocycles. The zero-order valence-electron chi connectivity index (χ0n) is 9.53. The van der Waals surface area contributed by atoms with E-state index in [0.29, 0.717) is 6.42 Å². The highest BCUT2D eigenvalue weighted by atomic mass is 32.2. The summed E-state index contributed by atoms with van der Waals surface area (Å²) in [5, 5.41) is 7.10. The van der Waals surface area contributed by atoms with Crippen molar-refractivity contribution in [2.24, 2.45) is 5.73 Å². The first-order chi connectivity index (χ1) is 7.72. The number of nitrogens with one attached hydrogen (secondary N) is 1. The van der Waals surface area contributed by atoms with Gasteiger partial charge in [0, 0.05) is 11.3 Å². The summed E-state index contributed by atoms with van der Waals surface area (Å²) in [6.45, 7) is 0. The summed E-state index contributed by atoms with van der Waals surface area (Å²) in [6, 6.07) is 8.07. The lowest BCUT2D eigenvalue weighted by atomic mass is 10.2. The average molecular weight is 238 g/mol. The first kappa shape index (κ1) is 12.9. The van der Waals surface area contributed by atoms with Gasteiger partial charge in [0.2, 0.25) is 0 Å². The Bertz CT molecular complexity index is 324. The van der Waals surface area contributed by atoms with Gasteiger partial charge in [0.1, 0.15) is 5.75 Å². The molecule has 0 aliphatic carbocycles. The van der Waals surface area contributed by atoms with Gasteiger partial charge in [0.15, 0.2) is 0 Å². The standard InChI is InChI=1S/C12H18N2OS/c1-15-10-5-7-11(8-6-10)16-9-3-2-4-12(13)14/h5-8H,2-4,9H2,1H3,(H3,13,14). The van der Waals surface area contributed by atoms with Crippen molar-refractivity contribution < 1.29 is 4.74 Å².